The van der Waals surface area contributed by atoms with E-state index in [1.165, 1.54) is 11.8 Å². The fourth-order valence-electron chi connectivity index (χ4n) is 1.23. The first kappa shape index (κ1) is 9.08. The number of nitrogens with one attached hydrogen (secondary N) is 1. The molecule has 0 atom stereocenters. The third-order valence-corrected chi connectivity index (χ3v) is 2.48. The molecule has 2 rings (SSSR count). The Balaban J connectivity index is 2.83. The van der Waals surface area contributed by atoms with Gasteiger partial charge >= 0.3 is 0 Å². The summed E-state index contributed by atoms with van der Waals surface area (Å²) in [6.07, 6.45) is 1.86. The van der Waals surface area contributed by atoms with Gasteiger partial charge in [0, 0.05) is 5.69 Å². The van der Waals surface area contributed by atoms with Gasteiger partial charge in [0.05, 0.1) is 10.9 Å². The highest BCUT2D eigenvalue weighted by atomic mass is 32.2. The first-order valence-corrected chi connectivity index (χ1v) is 5.27. The Labute approximate surface area is 84.5 Å². The first-order chi connectivity index (χ1) is 6.70. The fraction of sp³-hybridized carbons (Fsp3) is 0.111. The fourth-order valence-corrected chi connectivity index (χ4v) is 1.62. The van der Waals surface area contributed by atoms with E-state index >= 15 is 0 Å². The van der Waals surface area contributed by atoms with Gasteiger partial charge in [-0.15, -0.1) is 0 Å². The standard InChI is InChI=1S/C9H9N3OS/c1-14-9-11-7-3-2-5(10)4-6(7)8(13)12-9/h2-4H,10H2,1H3,(H,11,12,13). The summed E-state index contributed by atoms with van der Waals surface area (Å²) in [7, 11) is 0. The number of benzene rings is 1. The molecule has 0 spiro atoms. The number of H-pyrrole nitrogens is 1. The molecule has 1 aromatic carbocycles. The lowest BCUT2D eigenvalue weighted by atomic mass is 10.2. The summed E-state index contributed by atoms with van der Waals surface area (Å²) >= 11 is 1.40. The predicted molar refractivity (Wildman–Crippen MR) is 58.6 cm³/mol. The van der Waals surface area contributed by atoms with Gasteiger partial charge in [-0.3, -0.25) is 4.79 Å². The van der Waals surface area contributed by atoms with Gasteiger partial charge in [0.15, 0.2) is 5.16 Å². The van der Waals surface area contributed by atoms with Crippen LogP contribution in [0.25, 0.3) is 10.9 Å². The van der Waals surface area contributed by atoms with Gasteiger partial charge in [0.25, 0.3) is 5.56 Å². The van der Waals surface area contributed by atoms with E-state index in [-0.39, 0.29) is 5.56 Å². The van der Waals surface area contributed by atoms with Crippen LogP contribution < -0.4 is 11.3 Å². The number of thioether (sulfide) groups is 1. The number of hydrogen-bond donors (Lipinski definition) is 2. The predicted octanol–water partition coefficient (Wildman–Crippen LogP) is 1.23. The molecule has 0 aliphatic rings. The number of nitrogens with two attached hydrogens (primary N) is 1. The van der Waals surface area contributed by atoms with Crippen molar-refractivity contribution in [2.75, 3.05) is 12.0 Å². The average Bonchev–Trinajstić information content (AvgIpc) is 2.19. The lowest BCUT2D eigenvalue weighted by molar-refractivity contribution is 0.978. The number of anilines is 1. The number of aromatic amines is 1. The summed E-state index contributed by atoms with van der Waals surface area (Å²) in [5.74, 6) is 0. The zero-order valence-electron chi connectivity index (χ0n) is 7.57. The molecule has 0 aliphatic carbocycles. The zero-order chi connectivity index (χ0) is 10.1. The van der Waals surface area contributed by atoms with Crippen molar-refractivity contribution >= 4 is 28.4 Å². The van der Waals surface area contributed by atoms with Crippen LogP contribution in [0.2, 0.25) is 0 Å². The van der Waals surface area contributed by atoms with Crippen molar-refractivity contribution in [2.24, 2.45) is 0 Å². The molecule has 1 aromatic heterocycles. The largest absolute Gasteiger partial charge is 0.399 e. The zero-order valence-corrected chi connectivity index (χ0v) is 8.39. The molecule has 0 radical (unpaired) electrons. The molecule has 0 bridgehead atoms. The smallest absolute Gasteiger partial charge is 0.259 e. The Hall–Kier alpha value is -1.49. The van der Waals surface area contributed by atoms with Crippen molar-refractivity contribution < 1.29 is 0 Å². The van der Waals surface area contributed by atoms with Crippen LogP contribution >= 0.6 is 11.8 Å². The van der Waals surface area contributed by atoms with Crippen LogP contribution in [0.3, 0.4) is 0 Å². The number of fused-ring (bicyclic) bond motifs is 1. The van der Waals surface area contributed by atoms with E-state index in [2.05, 4.69) is 9.97 Å². The van der Waals surface area contributed by atoms with Gasteiger partial charge in [0.1, 0.15) is 0 Å². The van der Waals surface area contributed by atoms with Crippen molar-refractivity contribution in [3.05, 3.63) is 28.6 Å². The van der Waals surface area contributed by atoms with Crippen molar-refractivity contribution in [1.82, 2.24) is 9.97 Å². The molecule has 0 unspecified atom stereocenters. The van der Waals surface area contributed by atoms with Crippen LogP contribution in [-0.2, 0) is 0 Å². The Bertz CT molecular complexity index is 535. The van der Waals surface area contributed by atoms with Crippen molar-refractivity contribution in [3.63, 3.8) is 0 Å². The number of rotatable bonds is 1. The van der Waals surface area contributed by atoms with E-state index in [1.807, 2.05) is 6.26 Å². The van der Waals surface area contributed by atoms with Crippen LogP contribution in [0.4, 0.5) is 5.69 Å². The molecule has 14 heavy (non-hydrogen) atoms. The third kappa shape index (κ3) is 1.46. The van der Waals surface area contributed by atoms with Crippen LogP contribution in [0.15, 0.2) is 28.2 Å². The normalized spacial score (nSPS) is 10.6. The Kier molecular flexibility index (Phi) is 2.17. The summed E-state index contributed by atoms with van der Waals surface area (Å²) in [5, 5.41) is 1.15. The van der Waals surface area contributed by atoms with Gasteiger partial charge < -0.3 is 10.7 Å². The second-order valence-corrected chi connectivity index (χ2v) is 3.65. The van der Waals surface area contributed by atoms with Gasteiger partial charge in [-0.05, 0) is 24.5 Å². The minimum absolute atomic E-state index is 0.147. The van der Waals surface area contributed by atoms with Gasteiger partial charge in [0.2, 0.25) is 0 Å². The number of aromatic nitrogens is 2. The third-order valence-electron chi connectivity index (χ3n) is 1.90. The minimum atomic E-state index is -0.147. The molecule has 2 aromatic rings. The van der Waals surface area contributed by atoms with Crippen molar-refractivity contribution in [3.8, 4) is 0 Å². The van der Waals surface area contributed by atoms with Gasteiger partial charge in [-0.1, -0.05) is 11.8 Å². The molecular weight excluding hydrogens is 198 g/mol. The molecule has 0 saturated heterocycles. The summed E-state index contributed by atoms with van der Waals surface area (Å²) in [6, 6.07) is 5.11. The summed E-state index contributed by atoms with van der Waals surface area (Å²) < 4.78 is 0. The molecule has 0 fully saturated rings. The van der Waals surface area contributed by atoms with Gasteiger partial charge in [-0.2, -0.15) is 0 Å². The summed E-state index contributed by atoms with van der Waals surface area (Å²) in [4.78, 5) is 18.5. The average molecular weight is 207 g/mol. The molecule has 3 N–H and O–H groups in total. The second-order valence-electron chi connectivity index (χ2n) is 2.85. The monoisotopic (exact) mass is 207 g/mol. The quantitative estimate of drug-likeness (QED) is 0.419. The molecule has 4 nitrogen and oxygen atoms in total. The summed E-state index contributed by atoms with van der Waals surface area (Å²) in [6.45, 7) is 0. The molecule has 0 amide bonds. The van der Waals surface area contributed by atoms with E-state index in [1.54, 1.807) is 18.2 Å². The Morgan fingerprint density at radius 2 is 2.29 bits per heavy atom. The number of hydrogen-bond acceptors (Lipinski definition) is 4. The number of nitrogens with zero attached hydrogens (tertiary/aromatic N) is 1. The molecule has 72 valence electrons. The topological polar surface area (TPSA) is 71.8 Å². The van der Waals surface area contributed by atoms with Crippen LogP contribution in [0, 0.1) is 0 Å². The second kappa shape index (κ2) is 3.34. The van der Waals surface area contributed by atoms with E-state index in [0.717, 1.165) is 0 Å². The SMILES string of the molecule is CSc1nc2ccc(N)cc2c(=O)[nH]1. The van der Waals surface area contributed by atoms with E-state index in [4.69, 9.17) is 5.73 Å². The molecule has 5 heteroatoms. The number of nitrogen functional groups attached to an aromatic ring is 1. The maximum atomic E-state index is 11.5. The van der Waals surface area contributed by atoms with Crippen LogP contribution in [-0.4, -0.2) is 16.2 Å². The summed E-state index contributed by atoms with van der Waals surface area (Å²) in [5.41, 5.74) is 6.68. The van der Waals surface area contributed by atoms with E-state index < -0.39 is 0 Å². The van der Waals surface area contributed by atoms with Gasteiger partial charge in [-0.25, -0.2) is 4.98 Å². The van der Waals surface area contributed by atoms with E-state index in [0.29, 0.717) is 21.7 Å². The van der Waals surface area contributed by atoms with Crippen LogP contribution in [0.5, 0.6) is 0 Å². The Morgan fingerprint density at radius 1 is 1.50 bits per heavy atom. The Morgan fingerprint density at radius 3 is 3.00 bits per heavy atom. The van der Waals surface area contributed by atoms with Crippen molar-refractivity contribution in [2.45, 2.75) is 5.16 Å². The molecule has 1 heterocycles. The minimum Gasteiger partial charge on any atom is -0.399 e. The highest BCUT2D eigenvalue weighted by Crippen LogP contribution is 2.14. The van der Waals surface area contributed by atoms with Crippen molar-refractivity contribution in [1.29, 1.82) is 0 Å². The lowest BCUT2D eigenvalue weighted by Crippen LogP contribution is -2.09. The maximum Gasteiger partial charge on any atom is 0.259 e. The molecule has 0 aliphatic heterocycles. The van der Waals surface area contributed by atoms with Crippen LogP contribution in [0.1, 0.15) is 0 Å². The molecule has 0 saturated carbocycles. The highest BCUT2D eigenvalue weighted by Gasteiger charge is 2.02. The maximum absolute atomic E-state index is 11.5. The molecular formula is C9H9N3OS. The van der Waals surface area contributed by atoms with E-state index in [9.17, 15) is 4.79 Å². The lowest BCUT2D eigenvalue weighted by Gasteiger charge is -2.00. The first-order valence-electron chi connectivity index (χ1n) is 4.04. The highest BCUT2D eigenvalue weighted by molar-refractivity contribution is 7.98.